The molecule has 1 aliphatic heterocycles. The van der Waals surface area contributed by atoms with Gasteiger partial charge in [0.15, 0.2) is 0 Å². The molecule has 0 aliphatic carbocycles. The summed E-state index contributed by atoms with van der Waals surface area (Å²) in [7, 11) is 2.19. The van der Waals surface area contributed by atoms with Crippen LogP contribution in [0.25, 0.3) is 16.5 Å². The second-order valence-corrected chi connectivity index (χ2v) is 5.01. The molecule has 0 saturated heterocycles. The van der Waals surface area contributed by atoms with Gasteiger partial charge in [-0.25, -0.2) is 0 Å². The maximum absolute atomic E-state index is 3.38. The van der Waals surface area contributed by atoms with Gasteiger partial charge in [-0.1, -0.05) is 18.2 Å². The molecule has 1 aliphatic rings. The monoisotopic (exact) mass is 226 g/mol. The summed E-state index contributed by atoms with van der Waals surface area (Å²) in [6, 6.07) is 6.63. The first-order chi connectivity index (χ1) is 8.24. The normalized spacial score (nSPS) is 17.4. The van der Waals surface area contributed by atoms with Gasteiger partial charge in [0.25, 0.3) is 0 Å². The summed E-state index contributed by atoms with van der Waals surface area (Å²) >= 11 is 0. The van der Waals surface area contributed by atoms with E-state index in [4.69, 9.17) is 0 Å². The highest BCUT2D eigenvalue weighted by molar-refractivity contribution is 5.93. The third-order valence-electron chi connectivity index (χ3n) is 3.53. The fourth-order valence-electron chi connectivity index (χ4n) is 2.59. The Morgan fingerprint density at radius 2 is 2.18 bits per heavy atom. The second kappa shape index (κ2) is 4.04. The fraction of sp³-hybridized carbons (Fsp3) is 0.333. The summed E-state index contributed by atoms with van der Waals surface area (Å²) in [6.45, 7) is 4.36. The molecule has 0 radical (unpaired) electrons. The van der Waals surface area contributed by atoms with Crippen LogP contribution in [0, 0.1) is 6.92 Å². The van der Waals surface area contributed by atoms with Crippen LogP contribution in [0.4, 0.5) is 0 Å². The summed E-state index contributed by atoms with van der Waals surface area (Å²) in [5, 5.41) is 1.34. The molecule has 0 amide bonds. The van der Waals surface area contributed by atoms with Crippen molar-refractivity contribution >= 4 is 16.5 Å². The number of benzene rings is 1. The summed E-state index contributed by atoms with van der Waals surface area (Å²) in [5.74, 6) is 0. The first-order valence-electron chi connectivity index (χ1n) is 6.20. The number of hydrogen-bond donors (Lipinski definition) is 1. The van der Waals surface area contributed by atoms with Gasteiger partial charge in [-0.05, 0) is 37.6 Å². The molecule has 2 nitrogen and oxygen atoms in total. The minimum absolute atomic E-state index is 1.06. The highest BCUT2D eigenvalue weighted by atomic mass is 15.1. The van der Waals surface area contributed by atoms with Gasteiger partial charge < -0.3 is 9.88 Å². The molecule has 0 unspecified atom stereocenters. The standard InChI is InChI=1S/C15H18N2/c1-11-5-6-13-14(9-16-15(13)8-11)12-4-3-7-17(2)10-12/h4-6,8-9,16H,3,7,10H2,1-2H3. The smallest absolute Gasteiger partial charge is 0.0462 e. The molecule has 0 atom stereocenters. The topological polar surface area (TPSA) is 19.0 Å². The second-order valence-electron chi connectivity index (χ2n) is 5.01. The van der Waals surface area contributed by atoms with E-state index in [1.54, 1.807) is 0 Å². The Labute approximate surface area is 102 Å². The minimum atomic E-state index is 1.06. The number of nitrogens with zero attached hydrogens (tertiary/aromatic N) is 1. The number of H-pyrrole nitrogens is 1. The zero-order valence-corrected chi connectivity index (χ0v) is 10.5. The van der Waals surface area contributed by atoms with Gasteiger partial charge in [-0.3, -0.25) is 0 Å². The average Bonchev–Trinajstić information content (AvgIpc) is 2.71. The molecule has 2 heteroatoms. The van der Waals surface area contributed by atoms with Gasteiger partial charge in [-0.15, -0.1) is 0 Å². The van der Waals surface area contributed by atoms with Crippen LogP contribution >= 0.6 is 0 Å². The summed E-state index contributed by atoms with van der Waals surface area (Å²) in [5.41, 5.74) is 5.37. The van der Waals surface area contributed by atoms with E-state index >= 15 is 0 Å². The van der Waals surface area contributed by atoms with Crippen LogP contribution in [0.5, 0.6) is 0 Å². The van der Waals surface area contributed by atoms with Crippen LogP contribution in [0.3, 0.4) is 0 Å². The third kappa shape index (κ3) is 1.89. The zero-order valence-electron chi connectivity index (χ0n) is 10.5. The van der Waals surface area contributed by atoms with E-state index in [0.29, 0.717) is 0 Å². The van der Waals surface area contributed by atoms with E-state index in [1.165, 1.54) is 34.1 Å². The number of likely N-dealkylation sites (N-methyl/N-ethyl adjacent to an activating group) is 1. The number of fused-ring (bicyclic) bond motifs is 1. The molecule has 2 heterocycles. The summed E-state index contributed by atoms with van der Waals surface area (Å²) < 4.78 is 0. The molecule has 0 fully saturated rings. The molecule has 2 aromatic rings. The van der Waals surface area contributed by atoms with Crippen molar-refractivity contribution in [3.8, 4) is 0 Å². The van der Waals surface area contributed by atoms with E-state index in [0.717, 1.165) is 13.0 Å². The molecule has 1 aromatic carbocycles. The van der Waals surface area contributed by atoms with E-state index in [-0.39, 0.29) is 0 Å². The minimum Gasteiger partial charge on any atom is -0.361 e. The number of nitrogens with one attached hydrogen (secondary N) is 1. The summed E-state index contributed by atoms with van der Waals surface area (Å²) in [6.07, 6.45) is 5.68. The van der Waals surface area contributed by atoms with E-state index < -0.39 is 0 Å². The van der Waals surface area contributed by atoms with Crippen molar-refractivity contribution in [2.45, 2.75) is 13.3 Å². The average molecular weight is 226 g/mol. The lowest BCUT2D eigenvalue weighted by Crippen LogP contribution is -2.24. The Bertz CT molecular complexity index is 578. The van der Waals surface area contributed by atoms with Crippen LogP contribution in [0.15, 0.2) is 30.5 Å². The number of rotatable bonds is 1. The van der Waals surface area contributed by atoms with Crippen molar-refractivity contribution in [2.75, 3.05) is 20.1 Å². The summed E-state index contributed by atoms with van der Waals surface area (Å²) in [4.78, 5) is 5.76. The molecule has 1 N–H and O–H groups in total. The van der Waals surface area contributed by atoms with E-state index in [9.17, 15) is 0 Å². The highest BCUT2D eigenvalue weighted by Gasteiger charge is 2.13. The number of aryl methyl sites for hydroxylation is 1. The molecule has 0 spiro atoms. The highest BCUT2D eigenvalue weighted by Crippen LogP contribution is 2.28. The number of aromatic amines is 1. The molecule has 0 bridgehead atoms. The van der Waals surface area contributed by atoms with Gasteiger partial charge in [0.2, 0.25) is 0 Å². The van der Waals surface area contributed by atoms with Crippen LogP contribution in [0.2, 0.25) is 0 Å². The molecule has 88 valence electrons. The first-order valence-corrected chi connectivity index (χ1v) is 6.20. The molecule has 0 saturated carbocycles. The van der Waals surface area contributed by atoms with Crippen LogP contribution in [0.1, 0.15) is 17.5 Å². The van der Waals surface area contributed by atoms with Gasteiger partial charge in [0.05, 0.1) is 0 Å². The van der Waals surface area contributed by atoms with Crippen molar-refractivity contribution in [3.05, 3.63) is 41.6 Å². The molecule has 1 aromatic heterocycles. The third-order valence-corrected chi connectivity index (χ3v) is 3.53. The fourth-order valence-corrected chi connectivity index (χ4v) is 2.59. The number of aromatic nitrogens is 1. The Morgan fingerprint density at radius 1 is 1.29 bits per heavy atom. The predicted octanol–water partition coefficient (Wildman–Crippen LogP) is 3.20. The molecular formula is C15H18N2. The molecule has 17 heavy (non-hydrogen) atoms. The van der Waals surface area contributed by atoms with Crippen LogP contribution in [-0.4, -0.2) is 30.0 Å². The largest absolute Gasteiger partial charge is 0.361 e. The Hall–Kier alpha value is -1.54. The van der Waals surface area contributed by atoms with Crippen molar-refractivity contribution in [2.24, 2.45) is 0 Å². The lowest BCUT2D eigenvalue weighted by Gasteiger charge is -2.22. The van der Waals surface area contributed by atoms with Gasteiger partial charge in [0, 0.05) is 35.8 Å². The Kier molecular flexibility index (Phi) is 2.52. The van der Waals surface area contributed by atoms with Crippen LogP contribution in [-0.2, 0) is 0 Å². The van der Waals surface area contributed by atoms with Crippen LogP contribution < -0.4 is 0 Å². The maximum Gasteiger partial charge on any atom is 0.0462 e. The quantitative estimate of drug-likeness (QED) is 0.791. The van der Waals surface area contributed by atoms with E-state index in [2.05, 4.69) is 54.3 Å². The van der Waals surface area contributed by atoms with Gasteiger partial charge in [0.1, 0.15) is 0 Å². The Balaban J connectivity index is 2.09. The lowest BCUT2D eigenvalue weighted by atomic mass is 10.0. The van der Waals surface area contributed by atoms with Gasteiger partial charge >= 0.3 is 0 Å². The first kappa shape index (κ1) is 10.6. The zero-order chi connectivity index (χ0) is 11.8. The Morgan fingerprint density at radius 3 is 3.00 bits per heavy atom. The maximum atomic E-state index is 3.38. The lowest BCUT2D eigenvalue weighted by molar-refractivity contribution is 0.373. The van der Waals surface area contributed by atoms with Gasteiger partial charge in [-0.2, -0.15) is 0 Å². The predicted molar refractivity (Wildman–Crippen MR) is 73.1 cm³/mol. The van der Waals surface area contributed by atoms with Crippen molar-refractivity contribution < 1.29 is 0 Å². The van der Waals surface area contributed by atoms with E-state index in [1.807, 2.05) is 0 Å². The molecular weight excluding hydrogens is 208 g/mol. The number of hydrogen-bond acceptors (Lipinski definition) is 1. The van der Waals surface area contributed by atoms with Crippen molar-refractivity contribution in [3.63, 3.8) is 0 Å². The SMILES string of the molecule is Cc1ccc2c(C3=CCCN(C)C3)c[nH]c2c1. The molecule has 3 rings (SSSR count). The van der Waals surface area contributed by atoms with Crippen molar-refractivity contribution in [1.82, 2.24) is 9.88 Å². The van der Waals surface area contributed by atoms with Crippen molar-refractivity contribution in [1.29, 1.82) is 0 Å².